The first kappa shape index (κ1) is 27.1. The number of nitrogens with one attached hydrogen (secondary N) is 1. The molecule has 2 N–H and O–H groups in total. The molecule has 4 aromatic rings. The van der Waals surface area contributed by atoms with E-state index in [-0.39, 0.29) is 31.7 Å². The lowest BCUT2D eigenvalue weighted by molar-refractivity contribution is -0.142. The van der Waals surface area contributed by atoms with Gasteiger partial charge in [0.15, 0.2) is 0 Å². The number of carbonyl (C=O) groups is 3. The summed E-state index contributed by atoms with van der Waals surface area (Å²) in [5.74, 6) is -1.53. The van der Waals surface area contributed by atoms with Crippen LogP contribution in [-0.2, 0) is 14.3 Å². The summed E-state index contributed by atoms with van der Waals surface area (Å²) in [6.45, 7) is 1.10. The summed E-state index contributed by atoms with van der Waals surface area (Å²) in [5, 5.41) is 12.2. The average molecular weight is 563 g/mol. The van der Waals surface area contributed by atoms with Gasteiger partial charge >= 0.3 is 18.2 Å². The predicted octanol–water partition coefficient (Wildman–Crippen LogP) is 6.21. The van der Waals surface area contributed by atoms with Crippen molar-refractivity contribution in [2.75, 3.05) is 19.9 Å². The van der Waals surface area contributed by atoms with Crippen LogP contribution in [0.4, 0.5) is 9.59 Å². The van der Waals surface area contributed by atoms with Gasteiger partial charge in [-0.1, -0.05) is 97.1 Å². The number of hydrogen-bond donors (Lipinski definition) is 2. The lowest BCUT2D eigenvalue weighted by atomic mass is 9.98. The van der Waals surface area contributed by atoms with E-state index < -0.39 is 24.2 Å². The molecule has 0 unspecified atom stereocenters. The first-order chi connectivity index (χ1) is 20.4. The van der Waals surface area contributed by atoms with Gasteiger partial charge < -0.3 is 19.9 Å². The minimum atomic E-state index is -1.24. The van der Waals surface area contributed by atoms with Crippen molar-refractivity contribution in [1.29, 1.82) is 0 Å². The lowest BCUT2D eigenvalue weighted by Crippen LogP contribution is -2.49. The van der Waals surface area contributed by atoms with Crippen LogP contribution in [0.25, 0.3) is 22.3 Å². The van der Waals surface area contributed by atoms with Crippen LogP contribution in [0.2, 0.25) is 0 Å². The number of carboxylic acids is 1. The number of amides is 2. The molecule has 212 valence electrons. The highest BCUT2D eigenvalue weighted by Crippen LogP contribution is 2.45. The Hall–Kier alpha value is -5.11. The molecule has 0 fully saturated rings. The van der Waals surface area contributed by atoms with Gasteiger partial charge in [-0.2, -0.15) is 0 Å². The van der Waals surface area contributed by atoms with Gasteiger partial charge in [0.05, 0.1) is 0 Å². The average Bonchev–Trinajstić information content (AvgIpc) is 3.51. The highest BCUT2D eigenvalue weighted by Gasteiger charge is 2.33. The second kappa shape index (κ2) is 11.4. The molecule has 2 amide bonds. The third kappa shape index (κ3) is 4.96. The van der Waals surface area contributed by atoms with Gasteiger partial charge in [-0.25, -0.2) is 14.4 Å². The summed E-state index contributed by atoms with van der Waals surface area (Å²) >= 11 is 0. The predicted molar refractivity (Wildman–Crippen MR) is 157 cm³/mol. The third-order valence-electron chi connectivity index (χ3n) is 8.13. The van der Waals surface area contributed by atoms with Crippen LogP contribution < -0.4 is 5.32 Å². The highest BCUT2D eigenvalue weighted by molar-refractivity contribution is 5.82. The van der Waals surface area contributed by atoms with Gasteiger partial charge in [0.2, 0.25) is 0 Å². The number of hydrogen-bond acceptors (Lipinski definition) is 5. The van der Waals surface area contributed by atoms with E-state index >= 15 is 0 Å². The maximum absolute atomic E-state index is 13.2. The SMILES string of the molecule is C[C@@H](C(=O)O)N(CNC(=O)OCC1c2ccccc2-c2ccccc21)C(=O)OCC1c2ccccc2-c2ccccc21. The molecule has 6 rings (SSSR count). The zero-order chi connectivity index (χ0) is 29.2. The zero-order valence-corrected chi connectivity index (χ0v) is 23.0. The monoisotopic (exact) mass is 562 g/mol. The van der Waals surface area contributed by atoms with Gasteiger partial charge in [-0.05, 0) is 51.4 Å². The number of carboxylic acid groups (broad SMARTS) is 1. The van der Waals surface area contributed by atoms with Crippen LogP contribution in [0, 0.1) is 0 Å². The second-order valence-corrected chi connectivity index (χ2v) is 10.4. The number of aliphatic carboxylic acids is 1. The van der Waals surface area contributed by atoms with E-state index in [1.807, 2.05) is 97.1 Å². The van der Waals surface area contributed by atoms with Gasteiger partial charge in [0, 0.05) is 11.8 Å². The highest BCUT2D eigenvalue weighted by atomic mass is 16.6. The van der Waals surface area contributed by atoms with E-state index in [9.17, 15) is 19.5 Å². The molecule has 0 bridgehead atoms. The molecule has 0 saturated carbocycles. The zero-order valence-electron chi connectivity index (χ0n) is 23.0. The van der Waals surface area contributed by atoms with Crippen LogP contribution in [0.3, 0.4) is 0 Å². The molecule has 2 aliphatic rings. The molecule has 2 aliphatic carbocycles. The normalized spacial score (nSPS) is 13.7. The van der Waals surface area contributed by atoms with Gasteiger partial charge in [-0.3, -0.25) is 4.90 Å². The van der Waals surface area contributed by atoms with Crippen molar-refractivity contribution in [3.8, 4) is 22.3 Å². The van der Waals surface area contributed by atoms with Crippen LogP contribution in [0.5, 0.6) is 0 Å². The Morgan fingerprint density at radius 1 is 0.690 bits per heavy atom. The minimum Gasteiger partial charge on any atom is -0.480 e. The molecule has 0 saturated heterocycles. The molecule has 8 nitrogen and oxygen atoms in total. The molecular weight excluding hydrogens is 532 g/mol. The molecule has 8 heteroatoms. The van der Waals surface area contributed by atoms with E-state index in [0.717, 1.165) is 49.4 Å². The van der Waals surface area contributed by atoms with Crippen molar-refractivity contribution in [3.63, 3.8) is 0 Å². The van der Waals surface area contributed by atoms with E-state index in [2.05, 4.69) is 5.32 Å². The fourth-order valence-electron chi connectivity index (χ4n) is 5.97. The summed E-state index contributed by atoms with van der Waals surface area (Å²) < 4.78 is 11.2. The third-order valence-corrected chi connectivity index (χ3v) is 8.13. The Bertz CT molecular complexity index is 1580. The number of carbonyl (C=O) groups excluding carboxylic acids is 2. The maximum atomic E-state index is 13.2. The number of fused-ring (bicyclic) bond motifs is 6. The van der Waals surface area contributed by atoms with Crippen LogP contribution in [0.1, 0.15) is 41.0 Å². The summed E-state index contributed by atoms with van der Waals surface area (Å²) in [6, 6.07) is 30.7. The molecule has 4 aromatic carbocycles. The second-order valence-electron chi connectivity index (χ2n) is 10.4. The molecule has 0 aliphatic heterocycles. The first-order valence-electron chi connectivity index (χ1n) is 13.9. The summed E-state index contributed by atoms with van der Waals surface area (Å²) in [7, 11) is 0. The molecule has 0 aromatic heterocycles. The molecule has 1 atom stereocenters. The first-order valence-corrected chi connectivity index (χ1v) is 13.9. The van der Waals surface area contributed by atoms with E-state index in [0.29, 0.717) is 0 Å². The summed E-state index contributed by atoms with van der Waals surface area (Å²) in [4.78, 5) is 38.7. The van der Waals surface area contributed by atoms with E-state index in [1.54, 1.807) is 0 Å². The Morgan fingerprint density at radius 3 is 1.48 bits per heavy atom. The quantitative estimate of drug-likeness (QED) is 0.248. The largest absolute Gasteiger partial charge is 0.480 e. The van der Waals surface area contributed by atoms with Crippen LogP contribution in [0.15, 0.2) is 97.1 Å². The van der Waals surface area contributed by atoms with Crippen molar-refractivity contribution in [2.24, 2.45) is 0 Å². The van der Waals surface area contributed by atoms with Gasteiger partial charge in [0.25, 0.3) is 0 Å². The van der Waals surface area contributed by atoms with E-state index in [1.165, 1.54) is 6.92 Å². The maximum Gasteiger partial charge on any atom is 0.411 e. The van der Waals surface area contributed by atoms with Crippen LogP contribution in [-0.4, -0.2) is 54.1 Å². The molecule has 42 heavy (non-hydrogen) atoms. The molecule has 0 radical (unpaired) electrons. The number of alkyl carbamates (subject to hydrolysis) is 1. The summed E-state index contributed by atoms with van der Waals surface area (Å²) in [6.07, 6.45) is -1.60. The fraction of sp³-hybridized carbons (Fsp3) is 0.206. The Balaban J connectivity index is 1.10. The molecule has 0 spiro atoms. The molecule has 0 heterocycles. The standard InChI is InChI=1S/C34H30N2O6/c1-21(32(37)38)36(34(40)42-19-31-28-16-8-4-12-24(28)25-13-5-9-17-29(25)31)20-35-33(39)41-18-30-26-14-6-2-10-22(26)23-11-3-7-15-27(23)30/h2-17,21,30-31H,18-20H2,1H3,(H,35,39)(H,37,38)/t21-/m0/s1. The van der Waals surface area contributed by atoms with Crippen molar-refractivity contribution in [2.45, 2.75) is 24.8 Å². The van der Waals surface area contributed by atoms with Crippen molar-refractivity contribution in [1.82, 2.24) is 10.2 Å². The minimum absolute atomic E-state index is 0.0284. The van der Waals surface area contributed by atoms with E-state index in [4.69, 9.17) is 9.47 Å². The number of nitrogens with zero attached hydrogens (tertiary/aromatic N) is 1. The number of ether oxygens (including phenoxy) is 2. The number of benzene rings is 4. The smallest absolute Gasteiger partial charge is 0.411 e. The molecular formula is C34H30N2O6. The fourth-order valence-corrected chi connectivity index (χ4v) is 5.97. The number of rotatable bonds is 8. The van der Waals surface area contributed by atoms with Crippen molar-refractivity contribution < 1.29 is 29.0 Å². The van der Waals surface area contributed by atoms with Gasteiger partial charge in [-0.15, -0.1) is 0 Å². The lowest BCUT2D eigenvalue weighted by Gasteiger charge is -2.26. The van der Waals surface area contributed by atoms with Crippen LogP contribution >= 0.6 is 0 Å². The van der Waals surface area contributed by atoms with Crippen molar-refractivity contribution in [3.05, 3.63) is 119 Å². The summed E-state index contributed by atoms with van der Waals surface area (Å²) in [5.41, 5.74) is 8.63. The topological polar surface area (TPSA) is 105 Å². The van der Waals surface area contributed by atoms with Gasteiger partial charge in [0.1, 0.15) is 25.9 Å². The van der Waals surface area contributed by atoms with Crippen molar-refractivity contribution >= 4 is 18.2 Å². The Kier molecular flexibility index (Phi) is 7.35. The Morgan fingerprint density at radius 2 is 1.07 bits per heavy atom. The Labute approximate surface area is 243 Å².